The number of aromatic nitrogens is 4. The quantitative estimate of drug-likeness (QED) is 0.542. The monoisotopic (exact) mass is 440 g/mol. The zero-order chi connectivity index (χ0) is 22.0. The molecule has 1 aliphatic rings. The Morgan fingerprint density at radius 2 is 1.81 bits per heavy atom. The molecule has 0 radical (unpaired) electrons. The zero-order valence-electron chi connectivity index (χ0n) is 18.3. The summed E-state index contributed by atoms with van der Waals surface area (Å²) in [4.78, 5) is 26.3. The molecule has 2 aromatic heterocycles. The van der Waals surface area contributed by atoms with Crippen LogP contribution in [0.1, 0.15) is 45.4 Å². The number of hydrogen-bond acceptors (Lipinski definition) is 5. The van der Waals surface area contributed by atoms with Crippen LogP contribution in [0.25, 0.3) is 16.7 Å². The minimum Gasteiger partial charge on any atom is -0.352 e. The second-order valence-corrected chi connectivity index (χ2v) is 8.81. The molecule has 2 atom stereocenters. The number of halogens is 1. The van der Waals surface area contributed by atoms with Gasteiger partial charge in [0.05, 0.1) is 17.3 Å². The highest BCUT2D eigenvalue weighted by Gasteiger charge is 2.27. The third-order valence-corrected chi connectivity index (χ3v) is 6.01. The van der Waals surface area contributed by atoms with Crippen molar-refractivity contribution in [3.8, 4) is 5.69 Å². The molecule has 31 heavy (non-hydrogen) atoms. The van der Waals surface area contributed by atoms with Crippen LogP contribution in [-0.4, -0.2) is 62.1 Å². The van der Waals surface area contributed by atoms with Gasteiger partial charge in [-0.1, -0.05) is 38.5 Å². The fourth-order valence-corrected chi connectivity index (χ4v) is 4.22. The maximum Gasteiger partial charge on any atom is 0.240 e. The number of hydrogen-bond donors (Lipinski definition) is 0. The number of para-hydroxylation sites is 1. The molecule has 3 aromatic rings. The number of benzene rings is 1. The van der Waals surface area contributed by atoms with Crippen LogP contribution in [0.4, 0.5) is 5.82 Å². The van der Waals surface area contributed by atoms with Crippen molar-refractivity contribution in [1.29, 1.82) is 0 Å². The summed E-state index contributed by atoms with van der Waals surface area (Å²) in [5.74, 6) is 1.99. The molecule has 7 nitrogen and oxygen atoms in total. The van der Waals surface area contributed by atoms with Gasteiger partial charge in [-0.3, -0.25) is 4.79 Å². The molecule has 164 valence electrons. The van der Waals surface area contributed by atoms with Crippen LogP contribution < -0.4 is 4.90 Å². The Hall–Kier alpha value is -2.67. The van der Waals surface area contributed by atoms with Crippen LogP contribution in [0, 0.1) is 0 Å². The highest BCUT2D eigenvalue weighted by molar-refractivity contribution is 6.30. The van der Waals surface area contributed by atoms with Gasteiger partial charge in [-0.25, -0.2) is 14.6 Å². The molecule has 8 heteroatoms. The molecular formula is C23H29ClN6O. The van der Waals surface area contributed by atoms with Gasteiger partial charge in [0, 0.05) is 32.1 Å². The molecule has 0 saturated carbocycles. The van der Waals surface area contributed by atoms with Crippen LogP contribution in [0.15, 0.2) is 36.5 Å². The van der Waals surface area contributed by atoms with E-state index in [1.807, 2.05) is 46.1 Å². The lowest BCUT2D eigenvalue weighted by molar-refractivity contribution is -0.130. The molecule has 0 aliphatic carbocycles. The molecule has 0 unspecified atom stereocenters. The second kappa shape index (κ2) is 9.22. The first-order valence-electron chi connectivity index (χ1n) is 11.0. The number of piperazine rings is 1. The van der Waals surface area contributed by atoms with Crippen molar-refractivity contribution >= 4 is 34.4 Å². The van der Waals surface area contributed by atoms with E-state index in [2.05, 4.69) is 23.8 Å². The average Bonchev–Trinajstić information content (AvgIpc) is 3.23. The van der Waals surface area contributed by atoms with Crippen molar-refractivity contribution in [1.82, 2.24) is 24.6 Å². The molecule has 1 aliphatic heterocycles. The van der Waals surface area contributed by atoms with Gasteiger partial charge < -0.3 is 9.80 Å². The lowest BCUT2D eigenvalue weighted by atomic mass is 10.1. The van der Waals surface area contributed by atoms with E-state index in [4.69, 9.17) is 21.6 Å². The number of alkyl halides is 1. The average molecular weight is 441 g/mol. The van der Waals surface area contributed by atoms with Gasteiger partial charge in [0.2, 0.25) is 5.91 Å². The van der Waals surface area contributed by atoms with Crippen molar-refractivity contribution in [2.45, 2.75) is 44.9 Å². The number of carbonyl (C=O) groups excluding carboxylic acids is 1. The highest BCUT2D eigenvalue weighted by atomic mass is 35.5. The van der Waals surface area contributed by atoms with Crippen molar-refractivity contribution in [2.75, 3.05) is 31.1 Å². The van der Waals surface area contributed by atoms with Gasteiger partial charge in [-0.15, -0.1) is 11.6 Å². The number of fused-ring (bicyclic) bond motifs is 1. The van der Waals surface area contributed by atoms with E-state index in [9.17, 15) is 4.79 Å². The van der Waals surface area contributed by atoms with Gasteiger partial charge in [0.15, 0.2) is 5.65 Å². The number of carbonyl (C=O) groups is 1. The molecule has 1 amide bonds. The first kappa shape index (κ1) is 21.6. The minimum absolute atomic E-state index is 0.0108. The van der Waals surface area contributed by atoms with E-state index in [-0.39, 0.29) is 11.8 Å². The first-order chi connectivity index (χ1) is 15.0. The Kier molecular flexibility index (Phi) is 6.41. The standard InChI is InChI=1S/C23H29ClN6O/c1-4-8-16(2)20-26-21(28-11-13-29(14-12-28)23(31)17(3)24)19-15-25-30(22(19)27-20)18-9-6-5-7-10-18/h5-7,9-10,15-17H,4,8,11-14H2,1-3H3/t16-,17+/m0/s1. The first-order valence-corrected chi connectivity index (χ1v) is 11.4. The summed E-state index contributed by atoms with van der Waals surface area (Å²) < 4.78 is 1.89. The maximum atomic E-state index is 12.3. The molecule has 0 N–H and O–H groups in total. The SMILES string of the molecule is CCC[C@H](C)c1nc(N2CCN(C(=O)[C@@H](C)Cl)CC2)c2cnn(-c3ccccc3)c2n1. The van der Waals surface area contributed by atoms with E-state index in [0.717, 1.165) is 41.2 Å². The summed E-state index contributed by atoms with van der Waals surface area (Å²) in [6.45, 7) is 8.76. The number of amides is 1. The summed E-state index contributed by atoms with van der Waals surface area (Å²) in [6.07, 6.45) is 3.96. The Morgan fingerprint density at radius 3 is 2.45 bits per heavy atom. The predicted octanol–water partition coefficient (Wildman–Crippen LogP) is 4.00. The molecule has 1 saturated heterocycles. The number of nitrogens with zero attached hydrogens (tertiary/aromatic N) is 6. The van der Waals surface area contributed by atoms with Crippen molar-refractivity contribution in [3.05, 3.63) is 42.4 Å². The molecule has 1 aromatic carbocycles. The van der Waals surface area contributed by atoms with E-state index in [0.29, 0.717) is 26.2 Å². The normalized spacial score (nSPS) is 16.5. The van der Waals surface area contributed by atoms with Crippen molar-refractivity contribution in [2.24, 2.45) is 0 Å². The summed E-state index contributed by atoms with van der Waals surface area (Å²) in [5.41, 5.74) is 1.80. The fraction of sp³-hybridized carbons (Fsp3) is 0.478. The third-order valence-electron chi connectivity index (χ3n) is 5.82. The topological polar surface area (TPSA) is 67.2 Å². The van der Waals surface area contributed by atoms with Crippen LogP contribution in [-0.2, 0) is 4.79 Å². The van der Waals surface area contributed by atoms with Crippen molar-refractivity contribution in [3.63, 3.8) is 0 Å². The van der Waals surface area contributed by atoms with E-state index < -0.39 is 5.38 Å². The Bertz CT molecular complexity index is 1040. The number of anilines is 1. The smallest absolute Gasteiger partial charge is 0.240 e. The van der Waals surface area contributed by atoms with E-state index in [1.54, 1.807) is 6.92 Å². The lowest BCUT2D eigenvalue weighted by Gasteiger charge is -2.36. The Labute approximate surface area is 188 Å². The maximum absolute atomic E-state index is 12.3. The third kappa shape index (κ3) is 4.37. The van der Waals surface area contributed by atoms with Gasteiger partial charge in [-0.2, -0.15) is 5.10 Å². The van der Waals surface area contributed by atoms with Crippen LogP contribution in [0.2, 0.25) is 0 Å². The van der Waals surface area contributed by atoms with E-state index >= 15 is 0 Å². The van der Waals surface area contributed by atoms with Crippen LogP contribution in [0.3, 0.4) is 0 Å². The highest BCUT2D eigenvalue weighted by Crippen LogP contribution is 2.29. The van der Waals surface area contributed by atoms with Gasteiger partial charge in [-0.05, 0) is 25.5 Å². The van der Waals surface area contributed by atoms with Crippen molar-refractivity contribution < 1.29 is 4.79 Å². The second-order valence-electron chi connectivity index (χ2n) is 8.15. The largest absolute Gasteiger partial charge is 0.352 e. The van der Waals surface area contributed by atoms with Crippen LogP contribution >= 0.6 is 11.6 Å². The van der Waals surface area contributed by atoms with Gasteiger partial charge >= 0.3 is 0 Å². The number of rotatable bonds is 6. The zero-order valence-corrected chi connectivity index (χ0v) is 19.1. The molecule has 4 rings (SSSR count). The molecule has 0 spiro atoms. The summed E-state index contributed by atoms with van der Waals surface area (Å²) >= 11 is 6.00. The summed E-state index contributed by atoms with van der Waals surface area (Å²) in [5, 5.41) is 5.07. The Balaban J connectivity index is 1.72. The lowest BCUT2D eigenvalue weighted by Crippen LogP contribution is -2.50. The molecular weight excluding hydrogens is 412 g/mol. The van der Waals surface area contributed by atoms with Crippen LogP contribution in [0.5, 0.6) is 0 Å². The van der Waals surface area contributed by atoms with Gasteiger partial charge in [0.25, 0.3) is 0 Å². The van der Waals surface area contributed by atoms with Gasteiger partial charge in [0.1, 0.15) is 17.0 Å². The molecule has 3 heterocycles. The molecule has 0 bridgehead atoms. The summed E-state index contributed by atoms with van der Waals surface area (Å²) in [7, 11) is 0. The summed E-state index contributed by atoms with van der Waals surface area (Å²) in [6, 6.07) is 10.0. The fourth-order valence-electron chi connectivity index (χ4n) is 4.08. The molecule has 1 fully saturated rings. The van der Waals surface area contributed by atoms with E-state index in [1.165, 1.54) is 0 Å². The Morgan fingerprint density at radius 1 is 1.10 bits per heavy atom. The predicted molar refractivity (Wildman–Crippen MR) is 124 cm³/mol. The minimum atomic E-state index is -0.497.